The Morgan fingerprint density at radius 3 is 2.92 bits per heavy atom. The van der Waals surface area contributed by atoms with Crippen molar-refractivity contribution in [1.29, 1.82) is 0 Å². The van der Waals surface area contributed by atoms with Crippen LogP contribution in [-0.2, 0) is 0 Å². The van der Waals surface area contributed by atoms with E-state index in [1.807, 2.05) is 6.21 Å². The maximum atomic E-state index is 8.95. The smallest absolute Gasteiger partial charge is 0.135 e. The molecule has 4 heteroatoms. The summed E-state index contributed by atoms with van der Waals surface area (Å²) in [6.45, 7) is 5.22. The van der Waals surface area contributed by atoms with Crippen molar-refractivity contribution in [1.82, 2.24) is 10.2 Å². The third-order valence-corrected chi connectivity index (χ3v) is 5.01. The molecule has 25 heavy (non-hydrogen) atoms. The molecule has 0 aromatic rings. The van der Waals surface area contributed by atoms with Gasteiger partial charge in [-0.15, -0.1) is 0 Å². The van der Waals surface area contributed by atoms with Crippen molar-refractivity contribution in [3.05, 3.63) is 35.8 Å². The number of nitrogens with one attached hydrogen (secondary N) is 1. The monoisotopic (exact) mass is 339 g/mol. The molecule has 2 aliphatic heterocycles. The molecule has 0 radical (unpaired) electrons. The topological polar surface area (TPSA) is 47.9 Å². The average Bonchev–Trinajstić information content (AvgIpc) is 3.42. The quantitative estimate of drug-likeness (QED) is 0.527. The van der Waals surface area contributed by atoms with E-state index >= 15 is 0 Å². The average molecular weight is 339 g/mol. The van der Waals surface area contributed by atoms with Gasteiger partial charge in [0.2, 0.25) is 0 Å². The van der Waals surface area contributed by atoms with E-state index in [9.17, 15) is 0 Å². The summed E-state index contributed by atoms with van der Waals surface area (Å²) in [4.78, 5) is 7.11. The number of fused-ring (bicyclic) bond motifs is 2. The first-order chi connectivity index (χ1) is 12.2. The van der Waals surface area contributed by atoms with Crippen LogP contribution in [0.3, 0.4) is 0 Å². The van der Waals surface area contributed by atoms with Gasteiger partial charge in [0.1, 0.15) is 12.1 Å². The van der Waals surface area contributed by atoms with E-state index in [2.05, 4.69) is 48.2 Å². The predicted molar refractivity (Wildman–Crippen MR) is 104 cm³/mol. The lowest BCUT2D eigenvalue weighted by Gasteiger charge is -2.27. The van der Waals surface area contributed by atoms with Crippen LogP contribution < -0.4 is 5.32 Å². The Hall–Kier alpha value is -1.99. The summed E-state index contributed by atoms with van der Waals surface area (Å²) in [5.41, 5.74) is 2.52. The molecule has 2 N–H and O–H groups in total. The Morgan fingerprint density at radius 2 is 2.24 bits per heavy atom. The second-order valence-corrected chi connectivity index (χ2v) is 6.95. The Morgan fingerprint density at radius 1 is 1.40 bits per heavy atom. The van der Waals surface area contributed by atoms with Crippen LogP contribution in [0.4, 0.5) is 0 Å². The highest BCUT2D eigenvalue weighted by atomic mass is 16.2. The molecule has 3 aliphatic rings. The molecule has 2 bridgehead atoms. The molecule has 3 rings (SSSR count). The second kappa shape index (κ2) is 8.40. The first-order valence-electron chi connectivity index (χ1n) is 9.52. The number of rotatable bonds is 8. The summed E-state index contributed by atoms with van der Waals surface area (Å²) in [5.74, 6) is 6.82. The van der Waals surface area contributed by atoms with Crippen LogP contribution in [-0.4, -0.2) is 46.9 Å². The maximum absolute atomic E-state index is 8.95. The minimum atomic E-state index is -0.0627. The molecule has 0 saturated heterocycles. The Kier molecular flexibility index (Phi) is 5.99. The highest BCUT2D eigenvalue weighted by molar-refractivity contribution is 5.80. The molecule has 1 saturated carbocycles. The Labute approximate surface area is 151 Å². The number of allylic oxidation sites excluding steroid dienone is 1. The van der Waals surface area contributed by atoms with Crippen molar-refractivity contribution in [3.8, 4) is 11.8 Å². The number of aliphatic hydroxyl groups excluding tert-OH is 1. The summed E-state index contributed by atoms with van der Waals surface area (Å²) in [6.07, 6.45) is 14.8. The van der Waals surface area contributed by atoms with Gasteiger partial charge >= 0.3 is 0 Å². The van der Waals surface area contributed by atoms with Crippen LogP contribution in [0.15, 0.2) is 40.8 Å². The first kappa shape index (κ1) is 17.8. The molecule has 0 spiro atoms. The minimum absolute atomic E-state index is 0.0627. The van der Waals surface area contributed by atoms with E-state index in [-0.39, 0.29) is 12.1 Å². The zero-order chi connectivity index (χ0) is 17.6. The summed E-state index contributed by atoms with van der Waals surface area (Å²) >= 11 is 0. The van der Waals surface area contributed by atoms with Crippen molar-refractivity contribution >= 4 is 6.21 Å². The van der Waals surface area contributed by atoms with Crippen molar-refractivity contribution in [2.45, 2.75) is 70.1 Å². The van der Waals surface area contributed by atoms with Gasteiger partial charge in [-0.3, -0.25) is 4.99 Å². The SMILES string of the molecule is CCC1=C\C2C#CC(/N=C\1)C(C(CC)NC1CC1)=CN2CC/C=C/O. The van der Waals surface area contributed by atoms with Crippen LogP contribution in [0.25, 0.3) is 0 Å². The lowest BCUT2D eigenvalue weighted by molar-refractivity contribution is 0.365. The number of hydrogen-bond acceptors (Lipinski definition) is 4. The zero-order valence-electron chi connectivity index (χ0n) is 15.3. The van der Waals surface area contributed by atoms with Crippen LogP contribution in [0.5, 0.6) is 0 Å². The summed E-state index contributed by atoms with van der Waals surface area (Å²) < 4.78 is 0. The molecule has 0 amide bonds. The van der Waals surface area contributed by atoms with Crippen LogP contribution >= 0.6 is 0 Å². The molecular weight excluding hydrogens is 310 g/mol. The summed E-state index contributed by atoms with van der Waals surface area (Å²) in [6, 6.07) is 0.990. The molecule has 0 aromatic carbocycles. The fourth-order valence-electron chi connectivity index (χ4n) is 3.33. The van der Waals surface area contributed by atoms with E-state index in [0.29, 0.717) is 12.1 Å². The van der Waals surface area contributed by atoms with Gasteiger partial charge in [0.05, 0.1) is 6.26 Å². The third kappa shape index (κ3) is 4.55. The summed E-state index contributed by atoms with van der Waals surface area (Å²) in [5, 5.41) is 12.7. The maximum Gasteiger partial charge on any atom is 0.135 e. The molecule has 3 atom stereocenters. The minimum Gasteiger partial charge on any atom is -0.516 e. The molecule has 1 aliphatic carbocycles. The highest BCUT2D eigenvalue weighted by Gasteiger charge is 2.30. The Balaban J connectivity index is 1.92. The number of nitrogens with zero attached hydrogens (tertiary/aromatic N) is 2. The van der Waals surface area contributed by atoms with E-state index in [0.717, 1.165) is 32.1 Å². The van der Waals surface area contributed by atoms with E-state index in [1.54, 1.807) is 6.08 Å². The van der Waals surface area contributed by atoms with Crippen LogP contribution in [0.2, 0.25) is 0 Å². The van der Waals surface area contributed by atoms with Gasteiger partial charge in [-0.25, -0.2) is 0 Å². The number of hydrogen-bond donors (Lipinski definition) is 2. The Bertz CT molecular complexity index is 646. The van der Waals surface area contributed by atoms with Gasteiger partial charge in [0, 0.05) is 31.0 Å². The van der Waals surface area contributed by atoms with Crippen molar-refractivity contribution < 1.29 is 5.11 Å². The fraction of sp³-hybridized carbons (Fsp3) is 0.571. The van der Waals surface area contributed by atoms with E-state index < -0.39 is 0 Å². The van der Waals surface area contributed by atoms with E-state index in [4.69, 9.17) is 10.1 Å². The van der Waals surface area contributed by atoms with Crippen LogP contribution in [0, 0.1) is 11.8 Å². The van der Waals surface area contributed by atoms with Gasteiger partial charge in [0.25, 0.3) is 0 Å². The molecule has 134 valence electrons. The molecule has 2 heterocycles. The van der Waals surface area contributed by atoms with Gasteiger partial charge in [-0.05, 0) is 55.4 Å². The third-order valence-electron chi connectivity index (χ3n) is 5.01. The highest BCUT2D eigenvalue weighted by Crippen LogP contribution is 2.26. The first-order valence-corrected chi connectivity index (χ1v) is 9.52. The van der Waals surface area contributed by atoms with Gasteiger partial charge in [-0.1, -0.05) is 25.7 Å². The summed E-state index contributed by atoms with van der Waals surface area (Å²) in [7, 11) is 0. The number of aliphatic imine (C=N–C) groups is 1. The normalized spacial score (nSPS) is 29.8. The second-order valence-electron chi connectivity index (χ2n) is 6.95. The fourth-order valence-corrected chi connectivity index (χ4v) is 3.33. The lowest BCUT2D eigenvalue weighted by Crippen LogP contribution is -2.37. The largest absolute Gasteiger partial charge is 0.516 e. The van der Waals surface area contributed by atoms with Crippen molar-refractivity contribution in [2.24, 2.45) is 4.99 Å². The molecule has 1 fully saturated rings. The van der Waals surface area contributed by atoms with Gasteiger partial charge in [-0.2, -0.15) is 0 Å². The zero-order valence-corrected chi connectivity index (χ0v) is 15.3. The molecule has 3 unspecified atom stereocenters. The molecule has 0 aromatic heterocycles. The molecule has 4 nitrogen and oxygen atoms in total. The van der Waals surface area contributed by atoms with Crippen molar-refractivity contribution in [3.63, 3.8) is 0 Å². The number of aliphatic hydroxyl groups is 1. The van der Waals surface area contributed by atoms with Gasteiger partial charge in [0.15, 0.2) is 0 Å². The van der Waals surface area contributed by atoms with E-state index in [1.165, 1.54) is 24.0 Å². The molecular formula is C21H29N3O. The lowest BCUT2D eigenvalue weighted by atomic mass is 9.98. The predicted octanol–water partition coefficient (Wildman–Crippen LogP) is 3.34. The van der Waals surface area contributed by atoms with Crippen molar-refractivity contribution in [2.75, 3.05) is 6.54 Å². The van der Waals surface area contributed by atoms with Crippen LogP contribution in [0.1, 0.15) is 46.0 Å². The standard InChI is InChI=1S/C21H29N3O/c1-3-16-13-18-9-10-21(22-14-16)19(15-24(18)11-5-6-12-25)20(4-2)23-17-7-8-17/h6,12-15,17-18,20-21,23,25H,3-5,7-8,11H2,1-2H3/b12-6+,16-13+,22-14-. The van der Waals surface area contributed by atoms with Gasteiger partial charge < -0.3 is 15.3 Å².